The van der Waals surface area contributed by atoms with Crippen LogP contribution in [0.25, 0.3) is 0 Å². The first-order valence-corrected chi connectivity index (χ1v) is 8.69. The first-order chi connectivity index (χ1) is 12.2. The van der Waals surface area contributed by atoms with Crippen molar-refractivity contribution in [2.24, 2.45) is 5.73 Å². The van der Waals surface area contributed by atoms with Crippen LogP contribution >= 0.6 is 35.0 Å². The first-order valence-electron chi connectivity index (χ1n) is 6.95. The largest absolute Gasteiger partial charge is 0.417 e. The van der Waals surface area contributed by atoms with Crippen LogP contribution in [0.5, 0.6) is 0 Å². The van der Waals surface area contributed by atoms with Gasteiger partial charge in [-0.05, 0) is 30.3 Å². The van der Waals surface area contributed by atoms with Gasteiger partial charge in [-0.3, -0.25) is 10.5 Å². The second-order valence-corrected chi connectivity index (χ2v) is 6.72. The summed E-state index contributed by atoms with van der Waals surface area (Å²) >= 11 is 12.6. The van der Waals surface area contributed by atoms with E-state index in [-0.39, 0.29) is 21.6 Å². The van der Waals surface area contributed by atoms with E-state index in [1.54, 1.807) is 12.1 Å². The zero-order valence-electron chi connectivity index (χ0n) is 12.9. The molecule has 2 rings (SSSR count). The third-order valence-electron chi connectivity index (χ3n) is 2.94. The molecule has 0 saturated carbocycles. The van der Waals surface area contributed by atoms with E-state index in [0.717, 1.165) is 17.8 Å². The zero-order chi connectivity index (χ0) is 19.3. The molecule has 0 aliphatic carbocycles. The molecule has 5 nitrogen and oxygen atoms in total. The summed E-state index contributed by atoms with van der Waals surface area (Å²) in [6.45, 7) is 0. The lowest BCUT2D eigenvalue weighted by atomic mass is 10.2. The predicted molar refractivity (Wildman–Crippen MR) is 94.0 cm³/mol. The molecule has 0 unspecified atom stereocenters. The van der Waals surface area contributed by atoms with E-state index < -0.39 is 17.6 Å². The number of halogens is 5. The highest BCUT2D eigenvalue weighted by Crippen LogP contribution is 2.33. The van der Waals surface area contributed by atoms with Crippen molar-refractivity contribution in [3.63, 3.8) is 0 Å². The summed E-state index contributed by atoms with van der Waals surface area (Å²) in [6, 6.07) is 7.00. The average Bonchev–Trinajstić information content (AvgIpc) is 2.58. The van der Waals surface area contributed by atoms with E-state index in [2.05, 4.69) is 15.5 Å². The Morgan fingerprint density at radius 1 is 1.27 bits per heavy atom. The Labute approximate surface area is 160 Å². The van der Waals surface area contributed by atoms with E-state index in [0.29, 0.717) is 16.8 Å². The first kappa shape index (κ1) is 20.3. The van der Waals surface area contributed by atoms with Gasteiger partial charge in [0.25, 0.3) is 11.7 Å². The van der Waals surface area contributed by atoms with Gasteiger partial charge in [0, 0.05) is 16.8 Å². The van der Waals surface area contributed by atoms with Gasteiger partial charge in [-0.25, -0.2) is 4.98 Å². The topological polar surface area (TPSA) is 82.0 Å². The van der Waals surface area contributed by atoms with Crippen molar-refractivity contribution in [2.45, 2.75) is 11.2 Å². The summed E-state index contributed by atoms with van der Waals surface area (Å²) < 4.78 is 37.7. The number of carbonyl (C=O) groups excluding carboxylic acids is 1. The van der Waals surface area contributed by atoms with Crippen molar-refractivity contribution < 1.29 is 23.1 Å². The molecule has 138 valence electrons. The number of nitrogens with one attached hydrogen (secondary N) is 2. The van der Waals surface area contributed by atoms with Crippen molar-refractivity contribution in [1.82, 2.24) is 10.4 Å². The number of hydrogen-bond donors (Lipinski definition) is 3. The quantitative estimate of drug-likeness (QED) is 0.298. The fourth-order valence-corrected chi connectivity index (χ4v) is 2.82. The lowest BCUT2D eigenvalue weighted by Gasteiger charge is -2.08. The molecular weight excluding hydrogens is 412 g/mol. The average molecular weight is 424 g/mol. The molecule has 11 heteroatoms. The van der Waals surface area contributed by atoms with Gasteiger partial charge in [0.15, 0.2) is 0 Å². The number of rotatable bonds is 5. The second kappa shape index (κ2) is 8.61. The Morgan fingerprint density at radius 2 is 1.92 bits per heavy atom. The standard InChI is InChI=1S/C15H11Cl2F3N4OS/c16-10-3-1-8(2-4-10)13(25)24-23-12(21)7-26-14-11(17)5-9(6-22-14)15(18,19)20/h1-6H,7H2,(H2,21,23)(H,24,25)/p+1. The number of nitrogens with two attached hydrogens (primary N) is 1. The third-order valence-corrected chi connectivity index (χ3v) is 4.65. The highest BCUT2D eigenvalue weighted by atomic mass is 35.5. The number of hydrazone groups is 1. The fourth-order valence-electron chi connectivity index (χ4n) is 1.68. The number of hydrazine groups is 1. The Bertz CT molecular complexity index is 829. The normalized spacial score (nSPS) is 12.1. The number of pyridine rings is 1. The van der Waals surface area contributed by atoms with E-state index in [1.165, 1.54) is 12.1 Å². The lowest BCUT2D eigenvalue weighted by molar-refractivity contribution is -0.509. The minimum Gasteiger partial charge on any atom is -0.289 e. The number of alkyl halides is 3. The molecule has 0 radical (unpaired) electrons. The minimum absolute atomic E-state index is 0.124. The van der Waals surface area contributed by atoms with E-state index in [9.17, 15) is 18.0 Å². The number of carbonyl (C=O) groups is 1. The summed E-state index contributed by atoms with van der Waals surface area (Å²) in [5.74, 6) is -0.144. The highest BCUT2D eigenvalue weighted by Gasteiger charge is 2.31. The molecule has 1 amide bonds. The van der Waals surface area contributed by atoms with Gasteiger partial charge in [-0.1, -0.05) is 35.0 Å². The van der Waals surface area contributed by atoms with E-state index in [4.69, 9.17) is 28.9 Å². The third kappa shape index (κ3) is 5.79. The second-order valence-electron chi connectivity index (χ2n) is 4.91. The van der Waals surface area contributed by atoms with Gasteiger partial charge < -0.3 is 0 Å². The van der Waals surface area contributed by atoms with Crippen LogP contribution in [0.3, 0.4) is 0 Å². The molecule has 4 N–H and O–H groups in total. The number of thioether (sulfide) groups is 1. The van der Waals surface area contributed by atoms with Crippen LogP contribution in [-0.2, 0) is 6.18 Å². The maximum Gasteiger partial charge on any atom is 0.417 e. The van der Waals surface area contributed by atoms with Gasteiger partial charge >= 0.3 is 6.18 Å². The van der Waals surface area contributed by atoms with Crippen LogP contribution in [0.4, 0.5) is 13.2 Å². The molecule has 1 heterocycles. The minimum atomic E-state index is -4.52. The molecule has 0 fully saturated rings. The van der Waals surface area contributed by atoms with Crippen molar-refractivity contribution in [1.29, 1.82) is 0 Å². The van der Waals surface area contributed by atoms with Gasteiger partial charge in [0.05, 0.1) is 10.6 Å². The monoisotopic (exact) mass is 423 g/mol. The Balaban J connectivity index is 1.93. The van der Waals surface area contributed by atoms with Crippen LogP contribution in [0, 0.1) is 0 Å². The predicted octanol–water partition coefficient (Wildman–Crippen LogP) is 2.28. The van der Waals surface area contributed by atoms with E-state index >= 15 is 0 Å². The van der Waals surface area contributed by atoms with Gasteiger partial charge in [0.2, 0.25) is 0 Å². The van der Waals surface area contributed by atoms with Crippen molar-refractivity contribution in [2.75, 3.05) is 5.75 Å². The molecule has 1 aromatic carbocycles. The van der Waals surface area contributed by atoms with E-state index in [1.807, 2.05) is 0 Å². The van der Waals surface area contributed by atoms with Gasteiger partial charge in [0.1, 0.15) is 10.8 Å². The number of amidine groups is 1. The molecule has 1 aromatic heterocycles. The number of benzene rings is 1. The summed E-state index contributed by atoms with van der Waals surface area (Å²) in [7, 11) is 0. The molecule has 0 spiro atoms. The van der Waals surface area contributed by atoms with Crippen LogP contribution in [0.1, 0.15) is 15.9 Å². The Kier molecular flexibility index (Phi) is 6.74. The summed E-state index contributed by atoms with van der Waals surface area (Å²) in [5.41, 5.74) is 7.54. The van der Waals surface area contributed by atoms with Crippen molar-refractivity contribution >= 4 is 46.7 Å². The SMILES string of the molecule is NC(CSc1ncc(C(F)(F)F)cc1Cl)=[NH+]NC(=O)c1ccc(Cl)cc1. The highest BCUT2D eigenvalue weighted by molar-refractivity contribution is 8.00. The summed E-state index contributed by atoms with van der Waals surface area (Å²) in [6.07, 6.45) is -3.82. The van der Waals surface area contributed by atoms with Crippen LogP contribution < -0.4 is 16.3 Å². The Morgan fingerprint density at radius 3 is 2.50 bits per heavy atom. The molecule has 0 atom stereocenters. The zero-order valence-corrected chi connectivity index (χ0v) is 15.2. The number of aromatic nitrogens is 1. The summed E-state index contributed by atoms with van der Waals surface area (Å²) in [5, 5.41) is 3.06. The van der Waals surface area contributed by atoms with Crippen LogP contribution in [0.15, 0.2) is 41.6 Å². The Hall–Kier alpha value is -1.97. The van der Waals surface area contributed by atoms with Gasteiger partial charge in [-0.15, -0.1) is 0 Å². The lowest BCUT2D eigenvalue weighted by Crippen LogP contribution is -2.86. The molecule has 0 bridgehead atoms. The summed E-state index contributed by atoms with van der Waals surface area (Å²) in [4.78, 5) is 15.6. The van der Waals surface area contributed by atoms with Crippen LogP contribution in [0.2, 0.25) is 10.0 Å². The molecule has 0 aliphatic rings. The number of amides is 1. The molecule has 26 heavy (non-hydrogen) atoms. The fraction of sp³-hybridized carbons (Fsp3) is 0.133. The molecule has 0 saturated heterocycles. The maximum absolute atomic E-state index is 12.6. The van der Waals surface area contributed by atoms with Gasteiger partial charge in [-0.2, -0.15) is 23.7 Å². The van der Waals surface area contributed by atoms with Crippen molar-refractivity contribution in [3.05, 3.63) is 57.7 Å². The van der Waals surface area contributed by atoms with Crippen molar-refractivity contribution in [3.8, 4) is 0 Å². The number of hydrogen-bond acceptors (Lipinski definition) is 3. The molecular formula is C15H12Cl2F3N4OS+. The number of nitrogens with zero attached hydrogens (tertiary/aromatic N) is 1. The smallest absolute Gasteiger partial charge is 0.289 e. The van der Waals surface area contributed by atoms with Crippen LogP contribution in [-0.4, -0.2) is 22.5 Å². The molecule has 2 aromatic rings. The maximum atomic E-state index is 12.6. The molecule has 0 aliphatic heterocycles.